The van der Waals surface area contributed by atoms with Gasteiger partial charge in [0.05, 0.1) is 6.21 Å². The minimum Gasteiger partial charge on any atom is -0.361 e. The first-order valence-corrected chi connectivity index (χ1v) is 6.15. The molecular weight excluding hydrogens is 254 g/mol. The highest BCUT2D eigenvalue weighted by Gasteiger charge is 2.07. The van der Waals surface area contributed by atoms with Crippen molar-refractivity contribution in [2.75, 3.05) is 0 Å². The van der Waals surface area contributed by atoms with E-state index in [9.17, 15) is 4.79 Å². The molecule has 0 aliphatic heterocycles. The number of carbonyl (C=O) groups excluding carboxylic acids is 1. The van der Waals surface area contributed by atoms with Crippen LogP contribution >= 0.6 is 0 Å². The van der Waals surface area contributed by atoms with Crippen molar-refractivity contribution < 1.29 is 4.79 Å². The Balaban J connectivity index is 1.73. The summed E-state index contributed by atoms with van der Waals surface area (Å²) in [6.45, 7) is 1.83. The monoisotopic (exact) mass is 267 g/mol. The molecule has 3 aromatic rings. The van der Waals surface area contributed by atoms with Crippen LogP contribution in [0, 0.1) is 6.92 Å². The Labute approximate surface area is 114 Å². The highest BCUT2D eigenvalue weighted by Crippen LogP contribution is 2.15. The van der Waals surface area contributed by atoms with Gasteiger partial charge < -0.3 is 4.98 Å². The summed E-state index contributed by atoms with van der Waals surface area (Å²) >= 11 is 0. The van der Waals surface area contributed by atoms with Gasteiger partial charge in [-0.05, 0) is 19.1 Å². The summed E-state index contributed by atoms with van der Waals surface area (Å²) in [7, 11) is 0. The molecule has 100 valence electrons. The third-order valence-corrected chi connectivity index (χ3v) is 2.93. The topological polar surface area (TPSA) is 85.9 Å². The first-order valence-electron chi connectivity index (χ1n) is 6.15. The second-order valence-corrected chi connectivity index (χ2v) is 4.42. The molecule has 1 amide bonds. The van der Waals surface area contributed by atoms with Crippen LogP contribution in [0.2, 0.25) is 0 Å². The minimum absolute atomic E-state index is 0.318. The van der Waals surface area contributed by atoms with Crippen molar-refractivity contribution in [1.29, 1.82) is 0 Å². The van der Waals surface area contributed by atoms with Crippen molar-refractivity contribution in [2.45, 2.75) is 6.92 Å². The van der Waals surface area contributed by atoms with Crippen LogP contribution in [0.1, 0.15) is 21.7 Å². The molecule has 1 aromatic carbocycles. The molecule has 20 heavy (non-hydrogen) atoms. The molecule has 0 saturated heterocycles. The summed E-state index contributed by atoms with van der Waals surface area (Å²) in [5.74, 6) is -0.342. The van der Waals surface area contributed by atoms with Gasteiger partial charge in [0, 0.05) is 28.4 Å². The number of aromatic nitrogens is 3. The van der Waals surface area contributed by atoms with Gasteiger partial charge in [0.1, 0.15) is 0 Å². The SMILES string of the molecule is Cc1cc(C(=O)NN=Cc2c[nH]c3ccccc23)n[nH]1. The van der Waals surface area contributed by atoms with Crippen LogP contribution in [0.3, 0.4) is 0 Å². The number of fused-ring (bicyclic) bond motifs is 1. The van der Waals surface area contributed by atoms with E-state index in [-0.39, 0.29) is 5.91 Å². The quantitative estimate of drug-likeness (QED) is 0.500. The number of benzene rings is 1. The lowest BCUT2D eigenvalue weighted by atomic mass is 10.2. The molecule has 2 aromatic heterocycles. The molecule has 6 nitrogen and oxygen atoms in total. The maximum Gasteiger partial charge on any atom is 0.291 e. The summed E-state index contributed by atoms with van der Waals surface area (Å²) in [5, 5.41) is 11.6. The molecule has 0 unspecified atom stereocenters. The Morgan fingerprint density at radius 2 is 2.25 bits per heavy atom. The second kappa shape index (κ2) is 5.00. The van der Waals surface area contributed by atoms with E-state index in [4.69, 9.17) is 0 Å². The van der Waals surface area contributed by atoms with Crippen molar-refractivity contribution in [3.8, 4) is 0 Å². The van der Waals surface area contributed by atoms with E-state index in [1.54, 1.807) is 12.3 Å². The number of rotatable bonds is 3. The molecule has 0 fully saturated rings. The molecular formula is C14H13N5O. The molecule has 3 rings (SSSR count). The maximum absolute atomic E-state index is 11.7. The van der Waals surface area contributed by atoms with Crippen LogP contribution in [0.5, 0.6) is 0 Å². The van der Waals surface area contributed by atoms with Gasteiger partial charge in [-0.3, -0.25) is 9.89 Å². The van der Waals surface area contributed by atoms with Crippen LogP contribution in [-0.2, 0) is 0 Å². The van der Waals surface area contributed by atoms with Crippen LogP contribution in [0.15, 0.2) is 41.6 Å². The number of carbonyl (C=O) groups is 1. The fourth-order valence-corrected chi connectivity index (χ4v) is 1.95. The Bertz CT molecular complexity index is 784. The molecule has 2 heterocycles. The van der Waals surface area contributed by atoms with Crippen LogP contribution in [0.25, 0.3) is 10.9 Å². The lowest BCUT2D eigenvalue weighted by molar-refractivity contribution is 0.0950. The van der Waals surface area contributed by atoms with E-state index in [0.29, 0.717) is 5.69 Å². The second-order valence-electron chi connectivity index (χ2n) is 4.42. The third-order valence-electron chi connectivity index (χ3n) is 2.93. The number of aromatic amines is 2. The highest BCUT2D eigenvalue weighted by atomic mass is 16.2. The first kappa shape index (κ1) is 12.2. The average molecular weight is 267 g/mol. The number of hydrazone groups is 1. The molecule has 0 radical (unpaired) electrons. The van der Waals surface area contributed by atoms with Crippen LogP contribution in [-0.4, -0.2) is 27.3 Å². The maximum atomic E-state index is 11.7. The predicted molar refractivity (Wildman–Crippen MR) is 76.7 cm³/mol. The van der Waals surface area contributed by atoms with Crippen molar-refractivity contribution >= 4 is 23.0 Å². The van der Waals surface area contributed by atoms with Gasteiger partial charge in [0.15, 0.2) is 5.69 Å². The summed E-state index contributed by atoms with van der Waals surface area (Å²) < 4.78 is 0. The summed E-state index contributed by atoms with van der Waals surface area (Å²) in [6, 6.07) is 9.56. The first-order chi connectivity index (χ1) is 9.74. The zero-order chi connectivity index (χ0) is 13.9. The number of H-pyrrole nitrogens is 2. The van der Waals surface area contributed by atoms with Gasteiger partial charge in [-0.25, -0.2) is 5.43 Å². The summed E-state index contributed by atoms with van der Waals surface area (Å²) in [4.78, 5) is 14.9. The number of hydrogen-bond donors (Lipinski definition) is 3. The van der Waals surface area contributed by atoms with Gasteiger partial charge >= 0.3 is 0 Å². The largest absolute Gasteiger partial charge is 0.361 e. The summed E-state index contributed by atoms with van der Waals surface area (Å²) in [6.07, 6.45) is 3.45. The molecule has 0 aliphatic rings. The number of nitrogens with one attached hydrogen (secondary N) is 3. The molecule has 6 heteroatoms. The Hall–Kier alpha value is -2.89. The number of para-hydroxylation sites is 1. The minimum atomic E-state index is -0.342. The molecule has 3 N–H and O–H groups in total. The zero-order valence-corrected chi connectivity index (χ0v) is 10.8. The molecule has 0 aliphatic carbocycles. The molecule has 0 bridgehead atoms. The van der Waals surface area contributed by atoms with Gasteiger partial charge in [-0.1, -0.05) is 18.2 Å². The molecule has 0 spiro atoms. The van der Waals surface area contributed by atoms with Crippen molar-refractivity contribution in [3.63, 3.8) is 0 Å². The van der Waals surface area contributed by atoms with Crippen molar-refractivity contribution in [1.82, 2.24) is 20.6 Å². The Kier molecular flexibility index (Phi) is 3.04. The highest BCUT2D eigenvalue weighted by molar-refractivity contribution is 5.99. The van der Waals surface area contributed by atoms with Crippen LogP contribution in [0.4, 0.5) is 0 Å². The van der Waals surface area contributed by atoms with Gasteiger partial charge in [-0.15, -0.1) is 0 Å². The van der Waals surface area contributed by atoms with E-state index in [1.807, 2.05) is 37.4 Å². The third kappa shape index (κ3) is 2.31. The van der Waals surface area contributed by atoms with E-state index in [0.717, 1.165) is 22.2 Å². The Morgan fingerprint density at radius 3 is 3.05 bits per heavy atom. The van der Waals surface area contributed by atoms with Crippen molar-refractivity contribution in [2.24, 2.45) is 5.10 Å². The number of aryl methyl sites for hydroxylation is 1. The Morgan fingerprint density at radius 1 is 1.40 bits per heavy atom. The fraction of sp³-hybridized carbons (Fsp3) is 0.0714. The predicted octanol–water partition coefficient (Wildman–Crippen LogP) is 1.96. The van der Waals surface area contributed by atoms with E-state index >= 15 is 0 Å². The smallest absolute Gasteiger partial charge is 0.291 e. The van der Waals surface area contributed by atoms with Crippen molar-refractivity contribution in [3.05, 3.63) is 53.5 Å². The standard InChI is InChI=1S/C14H13N5O/c1-9-6-13(18-17-9)14(20)19-16-8-10-7-15-12-5-3-2-4-11(10)12/h2-8,15H,1H3,(H,17,18)(H,19,20). The zero-order valence-electron chi connectivity index (χ0n) is 10.8. The fourth-order valence-electron chi connectivity index (χ4n) is 1.95. The van der Waals surface area contributed by atoms with Gasteiger partial charge in [0.2, 0.25) is 0 Å². The van der Waals surface area contributed by atoms with Gasteiger partial charge in [0.25, 0.3) is 5.91 Å². The molecule has 0 saturated carbocycles. The van der Waals surface area contributed by atoms with Crippen LogP contribution < -0.4 is 5.43 Å². The lowest BCUT2D eigenvalue weighted by Gasteiger charge is -1.94. The number of nitrogens with zero attached hydrogens (tertiary/aromatic N) is 2. The van der Waals surface area contributed by atoms with Gasteiger partial charge in [-0.2, -0.15) is 10.2 Å². The van der Waals surface area contributed by atoms with E-state index in [2.05, 4.69) is 25.7 Å². The average Bonchev–Trinajstić information content (AvgIpc) is 3.06. The van der Waals surface area contributed by atoms with E-state index < -0.39 is 0 Å². The summed E-state index contributed by atoms with van der Waals surface area (Å²) in [5.41, 5.74) is 5.54. The number of hydrogen-bond acceptors (Lipinski definition) is 3. The number of amides is 1. The lowest BCUT2D eigenvalue weighted by Crippen LogP contribution is -2.17. The van der Waals surface area contributed by atoms with E-state index in [1.165, 1.54) is 0 Å². The molecule has 0 atom stereocenters. The normalized spacial score (nSPS) is 11.2.